The van der Waals surface area contributed by atoms with Crippen LogP contribution in [0.5, 0.6) is 17.2 Å². The molecule has 0 saturated carbocycles. The second kappa shape index (κ2) is 6.70. The number of guanidine groups is 1. The number of ether oxygens (including phenoxy) is 3. The van der Waals surface area contributed by atoms with Gasteiger partial charge in [0.15, 0.2) is 23.3 Å². The third kappa shape index (κ3) is 3.05. The lowest BCUT2D eigenvalue weighted by Gasteiger charge is -2.14. The number of hydrogen-bond donors (Lipinski definition) is 2. The monoisotopic (exact) mass is 305 g/mol. The molecule has 1 aromatic carbocycles. The molecular formula is C14H19N5O3. The third-order valence-corrected chi connectivity index (χ3v) is 3.03. The van der Waals surface area contributed by atoms with Crippen LogP contribution in [0.15, 0.2) is 29.6 Å². The molecule has 0 amide bonds. The van der Waals surface area contributed by atoms with Gasteiger partial charge in [0.05, 0.1) is 33.2 Å². The minimum absolute atomic E-state index is 0.287. The molecule has 0 fully saturated rings. The summed E-state index contributed by atoms with van der Waals surface area (Å²) in [5.74, 6) is 2.53. The van der Waals surface area contributed by atoms with Crippen LogP contribution >= 0.6 is 0 Å². The van der Waals surface area contributed by atoms with Crippen LogP contribution in [0, 0.1) is 0 Å². The molecule has 0 radical (unpaired) electrons. The molecule has 1 heterocycles. The Hall–Kier alpha value is -2.90. The molecule has 3 N–H and O–H groups in total. The van der Waals surface area contributed by atoms with Crippen molar-refractivity contribution in [3.63, 3.8) is 0 Å². The Balaban J connectivity index is 2.40. The number of imidazole rings is 1. The molecule has 1 aromatic heterocycles. The molecule has 0 bridgehead atoms. The predicted molar refractivity (Wildman–Crippen MR) is 84.4 cm³/mol. The van der Waals surface area contributed by atoms with Crippen LogP contribution in [0.2, 0.25) is 0 Å². The lowest BCUT2D eigenvalue weighted by molar-refractivity contribution is 0.324. The highest BCUT2D eigenvalue weighted by molar-refractivity contribution is 5.91. The van der Waals surface area contributed by atoms with Gasteiger partial charge in [-0.2, -0.15) is 0 Å². The molecule has 0 aliphatic rings. The minimum Gasteiger partial charge on any atom is -0.493 e. The first-order chi connectivity index (χ1) is 10.6. The van der Waals surface area contributed by atoms with E-state index in [0.29, 0.717) is 23.1 Å². The first-order valence-corrected chi connectivity index (χ1v) is 6.46. The van der Waals surface area contributed by atoms with Crippen molar-refractivity contribution >= 4 is 11.8 Å². The quantitative estimate of drug-likeness (QED) is 0.637. The van der Waals surface area contributed by atoms with Crippen LogP contribution in [-0.2, 0) is 0 Å². The first kappa shape index (κ1) is 15.5. The fraction of sp³-hybridized carbons (Fsp3) is 0.286. The molecule has 22 heavy (non-hydrogen) atoms. The van der Waals surface area contributed by atoms with Crippen LogP contribution in [0.25, 0.3) is 5.69 Å². The van der Waals surface area contributed by atoms with E-state index in [-0.39, 0.29) is 5.96 Å². The Morgan fingerprint density at radius 3 is 2.32 bits per heavy atom. The summed E-state index contributed by atoms with van der Waals surface area (Å²) in [6.07, 6.45) is 3.42. The number of aromatic nitrogens is 2. The van der Waals surface area contributed by atoms with Crippen LogP contribution in [-0.4, -0.2) is 43.9 Å². The van der Waals surface area contributed by atoms with Gasteiger partial charge in [0, 0.05) is 19.2 Å². The van der Waals surface area contributed by atoms with E-state index in [9.17, 15) is 0 Å². The summed E-state index contributed by atoms with van der Waals surface area (Å²) >= 11 is 0. The predicted octanol–water partition coefficient (Wildman–Crippen LogP) is 1.25. The second-order valence-electron chi connectivity index (χ2n) is 4.28. The van der Waals surface area contributed by atoms with E-state index in [2.05, 4.69) is 15.3 Å². The van der Waals surface area contributed by atoms with E-state index in [1.165, 1.54) is 0 Å². The topological polar surface area (TPSA) is 95.9 Å². The number of nitrogens with one attached hydrogen (secondary N) is 1. The number of anilines is 1. The fourth-order valence-electron chi connectivity index (χ4n) is 1.93. The molecular weight excluding hydrogens is 286 g/mol. The van der Waals surface area contributed by atoms with Crippen molar-refractivity contribution in [3.05, 3.63) is 24.7 Å². The van der Waals surface area contributed by atoms with E-state index < -0.39 is 0 Å². The van der Waals surface area contributed by atoms with Crippen molar-refractivity contribution in [2.24, 2.45) is 10.7 Å². The van der Waals surface area contributed by atoms with Gasteiger partial charge in [0.2, 0.25) is 5.75 Å². The normalized spacial score (nSPS) is 11.2. The number of rotatable bonds is 5. The highest BCUT2D eigenvalue weighted by Gasteiger charge is 2.14. The fourth-order valence-corrected chi connectivity index (χ4v) is 1.93. The smallest absolute Gasteiger partial charge is 0.203 e. The Kier molecular flexibility index (Phi) is 4.72. The summed E-state index contributed by atoms with van der Waals surface area (Å²) in [7, 11) is 6.30. The third-order valence-electron chi connectivity index (χ3n) is 3.03. The zero-order valence-electron chi connectivity index (χ0n) is 13.0. The summed E-state index contributed by atoms with van der Waals surface area (Å²) in [6, 6.07) is 3.65. The van der Waals surface area contributed by atoms with Gasteiger partial charge >= 0.3 is 0 Å². The molecule has 8 heteroatoms. The van der Waals surface area contributed by atoms with Crippen LogP contribution in [0.3, 0.4) is 0 Å². The van der Waals surface area contributed by atoms with Crippen LogP contribution in [0.1, 0.15) is 0 Å². The van der Waals surface area contributed by atoms with E-state index >= 15 is 0 Å². The summed E-state index contributed by atoms with van der Waals surface area (Å²) in [4.78, 5) is 8.03. The standard InChI is InChI=1S/C14H19N5O3/c1-16-14(15)18-12-7-19(8-17-12)9-5-10(20-2)13(22-4)11(6-9)21-3/h5-8H,1-4H3,(H3,15,16,18). The Morgan fingerprint density at radius 2 is 1.82 bits per heavy atom. The average Bonchev–Trinajstić information content (AvgIpc) is 3.01. The molecule has 118 valence electrons. The second-order valence-corrected chi connectivity index (χ2v) is 4.28. The Bertz CT molecular complexity index is 656. The zero-order valence-corrected chi connectivity index (χ0v) is 13.0. The highest BCUT2D eigenvalue weighted by atomic mass is 16.5. The van der Waals surface area contributed by atoms with Crippen molar-refractivity contribution in [1.29, 1.82) is 0 Å². The number of nitrogens with zero attached hydrogens (tertiary/aromatic N) is 3. The number of benzene rings is 1. The molecule has 2 rings (SSSR count). The van der Waals surface area contributed by atoms with E-state index in [0.717, 1.165) is 5.69 Å². The van der Waals surface area contributed by atoms with E-state index in [1.807, 2.05) is 12.1 Å². The number of methoxy groups -OCH3 is 3. The minimum atomic E-state index is 0.287. The van der Waals surface area contributed by atoms with E-state index in [4.69, 9.17) is 19.9 Å². The van der Waals surface area contributed by atoms with Crippen molar-refractivity contribution in [3.8, 4) is 22.9 Å². The zero-order chi connectivity index (χ0) is 16.1. The Labute approximate surface area is 128 Å². The maximum Gasteiger partial charge on any atom is 0.203 e. The number of aliphatic imine (C=N–C) groups is 1. The van der Waals surface area contributed by atoms with Gasteiger partial charge in [0.25, 0.3) is 0 Å². The molecule has 0 atom stereocenters. The lowest BCUT2D eigenvalue weighted by atomic mass is 10.2. The van der Waals surface area contributed by atoms with Crippen LogP contribution in [0.4, 0.5) is 5.82 Å². The number of nitrogens with two attached hydrogens (primary N) is 1. The molecule has 8 nitrogen and oxygen atoms in total. The average molecular weight is 305 g/mol. The lowest BCUT2D eigenvalue weighted by Crippen LogP contribution is -2.22. The summed E-state index contributed by atoms with van der Waals surface area (Å²) in [5, 5.41) is 2.87. The summed E-state index contributed by atoms with van der Waals surface area (Å²) < 4.78 is 17.8. The maximum atomic E-state index is 5.62. The van der Waals surface area contributed by atoms with Gasteiger partial charge in [-0.15, -0.1) is 0 Å². The van der Waals surface area contributed by atoms with Gasteiger partial charge in [-0.1, -0.05) is 0 Å². The van der Waals surface area contributed by atoms with E-state index in [1.54, 1.807) is 45.5 Å². The maximum absolute atomic E-state index is 5.62. The Morgan fingerprint density at radius 1 is 1.18 bits per heavy atom. The molecule has 0 aliphatic carbocycles. The molecule has 0 unspecified atom stereocenters. The molecule has 0 saturated heterocycles. The molecule has 2 aromatic rings. The van der Waals surface area contributed by atoms with Gasteiger partial charge < -0.3 is 29.8 Å². The van der Waals surface area contributed by atoms with Crippen molar-refractivity contribution in [1.82, 2.24) is 9.55 Å². The van der Waals surface area contributed by atoms with Gasteiger partial charge in [-0.05, 0) is 0 Å². The van der Waals surface area contributed by atoms with Crippen LogP contribution < -0.4 is 25.3 Å². The van der Waals surface area contributed by atoms with Crippen molar-refractivity contribution in [2.75, 3.05) is 33.7 Å². The summed E-state index contributed by atoms with van der Waals surface area (Å²) in [5.41, 5.74) is 6.42. The van der Waals surface area contributed by atoms with Gasteiger partial charge in [0.1, 0.15) is 6.33 Å². The van der Waals surface area contributed by atoms with Crippen molar-refractivity contribution in [2.45, 2.75) is 0 Å². The van der Waals surface area contributed by atoms with Crippen molar-refractivity contribution < 1.29 is 14.2 Å². The molecule has 0 aliphatic heterocycles. The van der Waals surface area contributed by atoms with Gasteiger partial charge in [-0.25, -0.2) is 4.98 Å². The first-order valence-electron chi connectivity index (χ1n) is 6.46. The summed E-state index contributed by atoms with van der Waals surface area (Å²) in [6.45, 7) is 0. The van der Waals surface area contributed by atoms with Gasteiger partial charge in [-0.3, -0.25) is 4.99 Å². The highest BCUT2D eigenvalue weighted by Crippen LogP contribution is 2.39. The SMILES string of the molecule is CN=C(N)Nc1cn(-c2cc(OC)c(OC)c(OC)c2)cn1. The number of hydrogen-bond acceptors (Lipinski definition) is 5. The largest absolute Gasteiger partial charge is 0.493 e. The molecule has 0 spiro atoms.